The van der Waals surface area contributed by atoms with Crippen LogP contribution < -0.4 is 4.74 Å². The van der Waals surface area contributed by atoms with Crippen molar-refractivity contribution in [3.63, 3.8) is 0 Å². The number of aromatic nitrogens is 1. The van der Waals surface area contributed by atoms with E-state index in [-0.39, 0.29) is 5.56 Å². The van der Waals surface area contributed by atoms with E-state index in [1.54, 1.807) is 30.5 Å². The summed E-state index contributed by atoms with van der Waals surface area (Å²) >= 11 is 2.10. The SMILES string of the molecule is Cc1cc(Oc2cc(C(=O)O)ccc2I)ccn1. The van der Waals surface area contributed by atoms with Gasteiger partial charge in [0.05, 0.1) is 9.13 Å². The fraction of sp³-hybridized carbons (Fsp3) is 0.0769. The van der Waals surface area contributed by atoms with Gasteiger partial charge in [-0.25, -0.2) is 4.79 Å². The summed E-state index contributed by atoms with van der Waals surface area (Å²) in [6, 6.07) is 8.31. The number of benzene rings is 1. The van der Waals surface area contributed by atoms with E-state index in [4.69, 9.17) is 9.84 Å². The summed E-state index contributed by atoms with van der Waals surface area (Å²) in [5, 5.41) is 8.94. The summed E-state index contributed by atoms with van der Waals surface area (Å²) in [5.41, 5.74) is 1.05. The zero-order chi connectivity index (χ0) is 13.1. The molecule has 4 nitrogen and oxygen atoms in total. The van der Waals surface area contributed by atoms with Crippen molar-refractivity contribution in [2.75, 3.05) is 0 Å². The van der Waals surface area contributed by atoms with Crippen LogP contribution in [0.15, 0.2) is 36.5 Å². The first-order valence-electron chi connectivity index (χ1n) is 5.19. The molecule has 1 aromatic carbocycles. The second kappa shape index (κ2) is 5.34. The van der Waals surface area contributed by atoms with Crippen LogP contribution in [-0.4, -0.2) is 16.1 Å². The Hall–Kier alpha value is -1.63. The standard InChI is InChI=1S/C13H10INO3/c1-8-6-10(4-5-15-8)18-12-7-9(13(16)17)2-3-11(12)14/h2-7H,1H3,(H,16,17). The van der Waals surface area contributed by atoms with Gasteiger partial charge in [-0.15, -0.1) is 0 Å². The monoisotopic (exact) mass is 355 g/mol. The number of aromatic carboxylic acids is 1. The molecule has 92 valence electrons. The molecule has 2 aromatic rings. The second-order valence-corrected chi connectivity index (χ2v) is 4.85. The minimum atomic E-state index is -0.970. The number of pyridine rings is 1. The molecule has 0 aliphatic heterocycles. The number of rotatable bonds is 3. The maximum absolute atomic E-state index is 10.9. The van der Waals surface area contributed by atoms with Gasteiger partial charge < -0.3 is 9.84 Å². The van der Waals surface area contributed by atoms with Gasteiger partial charge in [-0.3, -0.25) is 4.98 Å². The van der Waals surface area contributed by atoms with Crippen LogP contribution in [0.3, 0.4) is 0 Å². The maximum Gasteiger partial charge on any atom is 0.335 e. The fourth-order valence-corrected chi connectivity index (χ4v) is 1.87. The second-order valence-electron chi connectivity index (χ2n) is 3.69. The van der Waals surface area contributed by atoms with Crippen molar-refractivity contribution in [1.82, 2.24) is 4.98 Å². The smallest absolute Gasteiger partial charge is 0.335 e. The Labute approximate surface area is 118 Å². The minimum Gasteiger partial charge on any atom is -0.478 e. The summed E-state index contributed by atoms with van der Waals surface area (Å²) in [5.74, 6) is 0.200. The van der Waals surface area contributed by atoms with Gasteiger partial charge in [0.1, 0.15) is 11.5 Å². The molecule has 1 aromatic heterocycles. The maximum atomic E-state index is 10.9. The number of hydrogen-bond acceptors (Lipinski definition) is 3. The highest BCUT2D eigenvalue weighted by molar-refractivity contribution is 14.1. The summed E-state index contributed by atoms with van der Waals surface area (Å²) in [6.07, 6.45) is 1.65. The largest absolute Gasteiger partial charge is 0.478 e. The van der Waals surface area contributed by atoms with E-state index in [0.29, 0.717) is 11.5 Å². The third kappa shape index (κ3) is 2.98. The summed E-state index contributed by atoms with van der Waals surface area (Å²) < 4.78 is 6.52. The topological polar surface area (TPSA) is 59.4 Å². The van der Waals surface area contributed by atoms with E-state index < -0.39 is 5.97 Å². The van der Waals surface area contributed by atoms with Crippen LogP contribution in [0.4, 0.5) is 0 Å². The molecule has 0 bridgehead atoms. The lowest BCUT2D eigenvalue weighted by atomic mass is 10.2. The lowest BCUT2D eigenvalue weighted by Gasteiger charge is -2.08. The van der Waals surface area contributed by atoms with Gasteiger partial charge in [-0.1, -0.05) is 0 Å². The molecule has 0 saturated carbocycles. The number of carboxylic acid groups (broad SMARTS) is 1. The van der Waals surface area contributed by atoms with Crippen LogP contribution >= 0.6 is 22.6 Å². The zero-order valence-corrected chi connectivity index (χ0v) is 11.7. The Morgan fingerprint density at radius 2 is 2.11 bits per heavy atom. The number of carbonyl (C=O) groups is 1. The predicted molar refractivity (Wildman–Crippen MR) is 75.2 cm³/mol. The molecule has 0 spiro atoms. The van der Waals surface area contributed by atoms with Gasteiger partial charge in [0, 0.05) is 18.0 Å². The predicted octanol–water partition coefficient (Wildman–Crippen LogP) is 3.49. The van der Waals surface area contributed by atoms with Crippen LogP contribution in [0, 0.1) is 10.5 Å². The quantitative estimate of drug-likeness (QED) is 0.857. The first kappa shape index (κ1) is 12.8. The molecule has 2 rings (SSSR count). The summed E-state index contributed by atoms with van der Waals surface area (Å²) in [7, 11) is 0. The Morgan fingerprint density at radius 3 is 2.78 bits per heavy atom. The molecular weight excluding hydrogens is 345 g/mol. The number of aryl methyl sites for hydroxylation is 1. The van der Waals surface area contributed by atoms with E-state index in [0.717, 1.165) is 9.26 Å². The summed E-state index contributed by atoms with van der Waals surface area (Å²) in [4.78, 5) is 15.0. The number of carboxylic acids is 1. The van der Waals surface area contributed by atoms with Crippen molar-refractivity contribution in [3.05, 3.63) is 51.4 Å². The van der Waals surface area contributed by atoms with Crippen LogP contribution in [0.1, 0.15) is 16.1 Å². The van der Waals surface area contributed by atoms with Crippen molar-refractivity contribution < 1.29 is 14.6 Å². The number of hydrogen-bond donors (Lipinski definition) is 1. The molecule has 0 aliphatic rings. The Kier molecular flexibility index (Phi) is 3.81. The molecule has 0 fully saturated rings. The van der Waals surface area contributed by atoms with Crippen molar-refractivity contribution in [2.45, 2.75) is 6.92 Å². The highest BCUT2D eigenvalue weighted by Crippen LogP contribution is 2.27. The molecule has 1 heterocycles. The van der Waals surface area contributed by atoms with E-state index in [1.807, 2.05) is 6.92 Å². The van der Waals surface area contributed by atoms with Crippen LogP contribution in [0.25, 0.3) is 0 Å². The van der Waals surface area contributed by atoms with Crippen LogP contribution in [-0.2, 0) is 0 Å². The minimum absolute atomic E-state index is 0.205. The van der Waals surface area contributed by atoms with Crippen LogP contribution in [0.2, 0.25) is 0 Å². The van der Waals surface area contributed by atoms with Crippen LogP contribution in [0.5, 0.6) is 11.5 Å². The number of ether oxygens (including phenoxy) is 1. The molecule has 0 unspecified atom stereocenters. The molecule has 5 heteroatoms. The average molecular weight is 355 g/mol. The molecule has 18 heavy (non-hydrogen) atoms. The van der Waals surface area contributed by atoms with Crippen molar-refractivity contribution >= 4 is 28.6 Å². The molecule has 1 N–H and O–H groups in total. The highest BCUT2D eigenvalue weighted by Gasteiger charge is 2.09. The first-order valence-corrected chi connectivity index (χ1v) is 6.27. The normalized spacial score (nSPS) is 10.1. The first-order chi connectivity index (χ1) is 8.56. The van der Waals surface area contributed by atoms with Gasteiger partial charge in [0.2, 0.25) is 0 Å². The van der Waals surface area contributed by atoms with E-state index in [9.17, 15) is 4.79 Å². The van der Waals surface area contributed by atoms with Gasteiger partial charge in [0.25, 0.3) is 0 Å². The number of halogens is 1. The Balaban J connectivity index is 2.33. The molecule has 0 atom stereocenters. The van der Waals surface area contributed by atoms with Gasteiger partial charge in [-0.2, -0.15) is 0 Å². The lowest BCUT2D eigenvalue weighted by Crippen LogP contribution is -1.98. The third-order valence-electron chi connectivity index (χ3n) is 2.27. The van der Waals surface area contributed by atoms with Gasteiger partial charge >= 0.3 is 5.97 Å². The molecule has 0 saturated heterocycles. The highest BCUT2D eigenvalue weighted by atomic mass is 127. The van der Waals surface area contributed by atoms with E-state index in [2.05, 4.69) is 27.6 Å². The molecule has 0 radical (unpaired) electrons. The van der Waals surface area contributed by atoms with Gasteiger partial charge in [0.15, 0.2) is 0 Å². The molecule has 0 amide bonds. The third-order valence-corrected chi connectivity index (χ3v) is 3.17. The molecule has 0 aliphatic carbocycles. The average Bonchev–Trinajstić information content (AvgIpc) is 2.31. The molecular formula is C13H10INO3. The van der Waals surface area contributed by atoms with Crippen molar-refractivity contribution in [3.8, 4) is 11.5 Å². The van der Waals surface area contributed by atoms with E-state index >= 15 is 0 Å². The Bertz CT molecular complexity index is 599. The fourth-order valence-electron chi connectivity index (χ4n) is 1.42. The van der Waals surface area contributed by atoms with Gasteiger partial charge in [-0.05, 0) is 53.8 Å². The van der Waals surface area contributed by atoms with Crippen molar-refractivity contribution in [2.24, 2.45) is 0 Å². The van der Waals surface area contributed by atoms with Crippen molar-refractivity contribution in [1.29, 1.82) is 0 Å². The zero-order valence-electron chi connectivity index (χ0n) is 9.55. The number of nitrogens with zero attached hydrogens (tertiary/aromatic N) is 1. The lowest BCUT2D eigenvalue weighted by molar-refractivity contribution is 0.0696. The van der Waals surface area contributed by atoms with E-state index in [1.165, 1.54) is 6.07 Å². The summed E-state index contributed by atoms with van der Waals surface area (Å²) in [6.45, 7) is 1.87. The Morgan fingerprint density at radius 1 is 1.33 bits per heavy atom.